The highest BCUT2D eigenvalue weighted by Crippen LogP contribution is 2.49. The first-order chi connectivity index (χ1) is 12.2. The van der Waals surface area contributed by atoms with Gasteiger partial charge >= 0.3 is 0 Å². The van der Waals surface area contributed by atoms with Crippen LogP contribution in [-0.4, -0.2) is 13.1 Å². The number of hydrogen-bond donors (Lipinski definition) is 1. The molecule has 1 aliphatic carbocycles. The maximum atomic E-state index is 3.69. The molecule has 1 heterocycles. The highest BCUT2D eigenvalue weighted by Gasteiger charge is 2.34. The quantitative estimate of drug-likeness (QED) is 0.628. The highest BCUT2D eigenvalue weighted by molar-refractivity contribution is 9.11. The number of anilines is 2. The molecule has 0 radical (unpaired) electrons. The number of halogens is 1. The van der Waals surface area contributed by atoms with Gasteiger partial charge in [0.15, 0.2) is 0 Å². The first-order valence-electron chi connectivity index (χ1n) is 8.95. The summed E-state index contributed by atoms with van der Waals surface area (Å²) in [7, 11) is 0. The van der Waals surface area contributed by atoms with Crippen molar-refractivity contribution in [1.82, 2.24) is 0 Å². The zero-order valence-corrected chi connectivity index (χ0v) is 16.1. The van der Waals surface area contributed by atoms with E-state index in [9.17, 15) is 0 Å². The maximum absolute atomic E-state index is 3.69. The average molecular weight is 395 g/mol. The number of hydrogen-bond acceptors (Lipinski definition) is 2. The normalized spacial score (nSPS) is 18.3. The molecule has 1 atom stereocenters. The van der Waals surface area contributed by atoms with Gasteiger partial charge in [0.1, 0.15) is 0 Å². The molecule has 0 aromatic heterocycles. The molecular weight excluding hydrogens is 372 g/mol. The molecule has 0 bridgehead atoms. The number of allylic oxidation sites excluding steroid dienone is 4. The molecule has 0 spiro atoms. The van der Waals surface area contributed by atoms with E-state index in [4.69, 9.17) is 0 Å². The van der Waals surface area contributed by atoms with E-state index in [0.29, 0.717) is 5.92 Å². The SMILES string of the molecule is Cc1ccc2c(c1)C1CC(Br)=CC=C1N2CCCNc1ccccc1. The smallest absolute Gasteiger partial charge is 0.0448 e. The van der Waals surface area contributed by atoms with E-state index in [-0.39, 0.29) is 0 Å². The monoisotopic (exact) mass is 394 g/mol. The summed E-state index contributed by atoms with van der Waals surface area (Å²) in [6.07, 6.45) is 6.68. The Balaban J connectivity index is 1.48. The molecule has 2 aromatic rings. The topological polar surface area (TPSA) is 15.3 Å². The van der Waals surface area contributed by atoms with Crippen molar-refractivity contribution in [3.05, 3.63) is 82.0 Å². The Morgan fingerprint density at radius 3 is 2.80 bits per heavy atom. The molecule has 0 saturated carbocycles. The van der Waals surface area contributed by atoms with Crippen LogP contribution in [0.2, 0.25) is 0 Å². The number of rotatable bonds is 5. The fourth-order valence-corrected chi connectivity index (χ4v) is 4.28. The van der Waals surface area contributed by atoms with E-state index in [0.717, 1.165) is 25.9 Å². The molecule has 1 N–H and O–H groups in total. The summed E-state index contributed by atoms with van der Waals surface area (Å²) < 4.78 is 1.29. The predicted molar refractivity (Wildman–Crippen MR) is 111 cm³/mol. The third-order valence-electron chi connectivity index (χ3n) is 5.01. The Labute approximate surface area is 158 Å². The summed E-state index contributed by atoms with van der Waals surface area (Å²) in [6.45, 7) is 4.21. The number of aryl methyl sites for hydroxylation is 1. The van der Waals surface area contributed by atoms with E-state index >= 15 is 0 Å². The second kappa shape index (κ2) is 7.09. The molecule has 0 saturated heterocycles. The predicted octanol–water partition coefficient (Wildman–Crippen LogP) is 5.97. The van der Waals surface area contributed by atoms with Gasteiger partial charge in [-0.05, 0) is 54.1 Å². The Morgan fingerprint density at radius 1 is 1.12 bits per heavy atom. The van der Waals surface area contributed by atoms with Crippen molar-refractivity contribution in [3.63, 3.8) is 0 Å². The van der Waals surface area contributed by atoms with Crippen molar-refractivity contribution in [3.8, 4) is 0 Å². The van der Waals surface area contributed by atoms with E-state index < -0.39 is 0 Å². The van der Waals surface area contributed by atoms with Crippen LogP contribution in [0.1, 0.15) is 29.9 Å². The van der Waals surface area contributed by atoms with E-state index in [2.05, 4.69) is 93.8 Å². The van der Waals surface area contributed by atoms with Crippen LogP contribution in [0.3, 0.4) is 0 Å². The number of benzene rings is 2. The van der Waals surface area contributed by atoms with Crippen molar-refractivity contribution in [2.45, 2.75) is 25.7 Å². The van der Waals surface area contributed by atoms with Gasteiger partial charge < -0.3 is 10.2 Å². The maximum Gasteiger partial charge on any atom is 0.0448 e. The van der Waals surface area contributed by atoms with Crippen LogP contribution in [-0.2, 0) is 0 Å². The second-order valence-corrected chi connectivity index (χ2v) is 7.84. The van der Waals surface area contributed by atoms with Gasteiger partial charge in [0, 0.05) is 36.1 Å². The van der Waals surface area contributed by atoms with Gasteiger partial charge in [0.2, 0.25) is 0 Å². The standard InChI is InChI=1S/C22H23BrN2/c1-16-8-10-21-19(14-16)20-15-17(23)9-11-22(20)25(21)13-5-12-24-18-6-3-2-4-7-18/h2-4,6-11,14,20,24H,5,12-13,15H2,1H3. The first-order valence-corrected chi connectivity index (χ1v) is 9.75. The van der Waals surface area contributed by atoms with Gasteiger partial charge in [0.25, 0.3) is 0 Å². The van der Waals surface area contributed by atoms with E-state index in [1.807, 2.05) is 0 Å². The third kappa shape index (κ3) is 3.38. The van der Waals surface area contributed by atoms with Gasteiger partial charge in [-0.25, -0.2) is 0 Å². The minimum Gasteiger partial charge on any atom is -0.385 e. The van der Waals surface area contributed by atoms with Crippen molar-refractivity contribution < 1.29 is 0 Å². The summed E-state index contributed by atoms with van der Waals surface area (Å²) in [5.74, 6) is 0.497. The number of nitrogens with zero attached hydrogens (tertiary/aromatic N) is 1. The van der Waals surface area contributed by atoms with Crippen molar-refractivity contribution >= 4 is 27.3 Å². The Morgan fingerprint density at radius 2 is 1.96 bits per heavy atom. The van der Waals surface area contributed by atoms with Gasteiger partial charge in [-0.15, -0.1) is 0 Å². The summed E-state index contributed by atoms with van der Waals surface area (Å²) in [5, 5.41) is 3.52. The molecular formula is C22H23BrN2. The minimum absolute atomic E-state index is 0.497. The van der Waals surface area contributed by atoms with Crippen molar-refractivity contribution in [1.29, 1.82) is 0 Å². The van der Waals surface area contributed by atoms with Crippen molar-refractivity contribution in [2.75, 3.05) is 23.3 Å². The number of para-hydroxylation sites is 1. The molecule has 0 fully saturated rings. The number of fused-ring (bicyclic) bond motifs is 3. The summed E-state index contributed by atoms with van der Waals surface area (Å²) in [4.78, 5) is 2.52. The lowest BCUT2D eigenvalue weighted by atomic mass is 9.91. The summed E-state index contributed by atoms with van der Waals surface area (Å²) in [5.41, 5.74) is 6.85. The summed E-state index contributed by atoms with van der Waals surface area (Å²) >= 11 is 3.69. The lowest BCUT2D eigenvalue weighted by Crippen LogP contribution is -2.23. The fraction of sp³-hybridized carbons (Fsp3) is 0.273. The highest BCUT2D eigenvalue weighted by atomic mass is 79.9. The summed E-state index contributed by atoms with van der Waals surface area (Å²) in [6, 6.07) is 17.3. The van der Waals surface area contributed by atoms with Gasteiger partial charge in [-0.2, -0.15) is 0 Å². The molecule has 3 heteroatoms. The van der Waals surface area contributed by atoms with Gasteiger partial charge in [-0.3, -0.25) is 0 Å². The molecule has 25 heavy (non-hydrogen) atoms. The fourth-order valence-electron chi connectivity index (χ4n) is 3.82. The molecule has 1 aliphatic heterocycles. The van der Waals surface area contributed by atoms with Gasteiger partial charge in [0.05, 0.1) is 0 Å². The first kappa shape index (κ1) is 16.5. The van der Waals surface area contributed by atoms with Crippen LogP contribution in [0.25, 0.3) is 0 Å². The van der Waals surface area contributed by atoms with Crippen LogP contribution < -0.4 is 10.2 Å². The molecule has 1 unspecified atom stereocenters. The lowest BCUT2D eigenvalue weighted by Gasteiger charge is -2.25. The molecule has 0 amide bonds. The minimum atomic E-state index is 0.497. The Hall–Kier alpha value is -2.00. The molecule has 128 valence electrons. The van der Waals surface area contributed by atoms with Crippen LogP contribution >= 0.6 is 15.9 Å². The lowest BCUT2D eigenvalue weighted by molar-refractivity contribution is 0.757. The molecule has 2 nitrogen and oxygen atoms in total. The molecule has 2 aromatic carbocycles. The van der Waals surface area contributed by atoms with Crippen molar-refractivity contribution in [2.24, 2.45) is 0 Å². The molecule has 4 rings (SSSR count). The van der Waals surface area contributed by atoms with Crippen LogP contribution in [0.5, 0.6) is 0 Å². The van der Waals surface area contributed by atoms with Crippen LogP contribution in [0.15, 0.2) is 70.9 Å². The largest absolute Gasteiger partial charge is 0.385 e. The second-order valence-electron chi connectivity index (χ2n) is 6.82. The molecule has 2 aliphatic rings. The number of nitrogens with one attached hydrogen (secondary N) is 1. The average Bonchev–Trinajstić information content (AvgIpc) is 2.92. The Kier molecular flexibility index (Phi) is 4.67. The zero-order chi connectivity index (χ0) is 17.2. The third-order valence-corrected chi connectivity index (χ3v) is 5.60. The zero-order valence-electron chi connectivity index (χ0n) is 14.5. The van der Waals surface area contributed by atoms with Gasteiger partial charge in [-0.1, -0.05) is 57.9 Å². The van der Waals surface area contributed by atoms with Crippen LogP contribution in [0.4, 0.5) is 11.4 Å². The Bertz CT molecular complexity index is 823. The van der Waals surface area contributed by atoms with Crippen LogP contribution in [0, 0.1) is 6.92 Å². The van der Waals surface area contributed by atoms with E-state index in [1.165, 1.54) is 32.7 Å². The van der Waals surface area contributed by atoms with E-state index in [1.54, 1.807) is 0 Å².